The van der Waals surface area contributed by atoms with Crippen molar-refractivity contribution >= 4 is 22.7 Å². The third-order valence-corrected chi connectivity index (χ3v) is 1.40. The van der Waals surface area contributed by atoms with Crippen LogP contribution < -0.4 is 15.2 Å². The van der Waals surface area contributed by atoms with Gasteiger partial charge in [0.25, 0.3) is 0 Å². The van der Waals surface area contributed by atoms with Gasteiger partial charge in [0.2, 0.25) is 6.79 Å². The Morgan fingerprint density at radius 3 is 2.73 bits per heavy atom. The van der Waals surface area contributed by atoms with Crippen molar-refractivity contribution in [1.82, 2.24) is 0 Å². The first-order valence-corrected chi connectivity index (χ1v) is 3.01. The molecule has 4 heteroatoms. The van der Waals surface area contributed by atoms with Crippen molar-refractivity contribution in [2.45, 2.75) is 0 Å². The summed E-state index contributed by atoms with van der Waals surface area (Å²) in [6.45, 7) is 0.304. The van der Waals surface area contributed by atoms with Crippen LogP contribution in [0.1, 0.15) is 0 Å². The van der Waals surface area contributed by atoms with Crippen molar-refractivity contribution in [2.75, 3.05) is 12.5 Å². The molecule has 0 spiro atoms. The van der Waals surface area contributed by atoms with Crippen LogP contribution in [0, 0.1) is 0 Å². The van der Waals surface area contributed by atoms with E-state index in [1.807, 2.05) is 0 Å². The van der Waals surface area contributed by atoms with Crippen LogP contribution in [0.2, 0.25) is 0 Å². The van der Waals surface area contributed by atoms with Gasteiger partial charge in [0.15, 0.2) is 11.5 Å². The average Bonchev–Trinajstić information content (AvgIpc) is 2.33. The lowest BCUT2D eigenvalue weighted by Gasteiger charge is -1.94. The van der Waals surface area contributed by atoms with Crippen LogP contribution in [-0.2, 0) is 0 Å². The molecule has 1 aromatic carbocycles. The maximum atomic E-state index is 5.50. The molecule has 3 nitrogen and oxygen atoms in total. The van der Waals surface area contributed by atoms with E-state index in [9.17, 15) is 0 Å². The number of benzene rings is 1. The van der Waals surface area contributed by atoms with Gasteiger partial charge in [-0.05, 0) is 12.1 Å². The summed E-state index contributed by atoms with van der Waals surface area (Å²) in [5.74, 6) is 1.51. The maximum absolute atomic E-state index is 5.50. The molecule has 60 valence electrons. The summed E-state index contributed by atoms with van der Waals surface area (Å²) in [4.78, 5) is 0. The molecular weight excluding hydrogens is 210 g/mol. The molecule has 0 fully saturated rings. The zero-order chi connectivity index (χ0) is 6.97. The fraction of sp³-hybridized carbons (Fsp3) is 0.143. The summed E-state index contributed by atoms with van der Waals surface area (Å²) in [6, 6.07) is 5.34. The van der Waals surface area contributed by atoms with E-state index in [1.165, 1.54) is 0 Å². The molecule has 0 bridgehead atoms. The van der Waals surface area contributed by atoms with Crippen LogP contribution >= 0.6 is 17.0 Å². The Labute approximate surface area is 74.9 Å². The second kappa shape index (κ2) is 3.00. The second-order valence-corrected chi connectivity index (χ2v) is 2.11. The zero-order valence-corrected chi connectivity index (χ0v) is 7.45. The fourth-order valence-electron chi connectivity index (χ4n) is 0.913. The Balaban J connectivity index is 0.000000605. The van der Waals surface area contributed by atoms with Gasteiger partial charge in [-0.1, -0.05) is 0 Å². The second-order valence-electron chi connectivity index (χ2n) is 2.11. The van der Waals surface area contributed by atoms with Gasteiger partial charge in [-0.25, -0.2) is 0 Å². The molecule has 1 aromatic rings. The summed E-state index contributed by atoms with van der Waals surface area (Å²) in [5.41, 5.74) is 6.19. The molecule has 0 radical (unpaired) electrons. The zero-order valence-electron chi connectivity index (χ0n) is 5.74. The van der Waals surface area contributed by atoms with Gasteiger partial charge in [0.1, 0.15) is 0 Å². The summed E-state index contributed by atoms with van der Waals surface area (Å²) in [5, 5.41) is 0. The van der Waals surface area contributed by atoms with Crippen LogP contribution in [0.25, 0.3) is 0 Å². The van der Waals surface area contributed by atoms with Gasteiger partial charge >= 0.3 is 0 Å². The predicted octanol–water partition coefficient (Wildman–Crippen LogP) is 1.58. The van der Waals surface area contributed by atoms with E-state index in [4.69, 9.17) is 15.2 Å². The number of rotatable bonds is 0. The predicted molar refractivity (Wildman–Crippen MR) is 47.3 cm³/mol. The lowest BCUT2D eigenvalue weighted by atomic mass is 10.3. The van der Waals surface area contributed by atoms with Gasteiger partial charge in [0, 0.05) is 11.8 Å². The lowest BCUT2D eigenvalue weighted by molar-refractivity contribution is 0.174. The number of hydrogen-bond donors (Lipinski definition) is 1. The minimum absolute atomic E-state index is 0. The quantitative estimate of drug-likeness (QED) is 0.672. The molecule has 1 heterocycles. The minimum atomic E-state index is 0. The van der Waals surface area contributed by atoms with E-state index in [0.717, 1.165) is 11.5 Å². The Kier molecular flexibility index (Phi) is 2.24. The Bertz CT molecular complexity index is 265. The Hall–Kier alpha value is -0.900. The smallest absolute Gasteiger partial charge is 0.231 e. The van der Waals surface area contributed by atoms with E-state index < -0.39 is 0 Å². The highest BCUT2D eigenvalue weighted by Crippen LogP contribution is 2.32. The van der Waals surface area contributed by atoms with Gasteiger partial charge in [-0.3, -0.25) is 0 Å². The molecule has 0 atom stereocenters. The monoisotopic (exact) mass is 217 g/mol. The maximum Gasteiger partial charge on any atom is 0.231 e. The van der Waals surface area contributed by atoms with Crippen LogP contribution in [0.5, 0.6) is 11.5 Å². The molecule has 0 unspecified atom stereocenters. The molecule has 0 saturated heterocycles. The minimum Gasteiger partial charge on any atom is -0.454 e. The normalized spacial score (nSPS) is 12.4. The van der Waals surface area contributed by atoms with Gasteiger partial charge in [-0.15, -0.1) is 17.0 Å². The highest BCUT2D eigenvalue weighted by Gasteiger charge is 2.11. The number of fused-ring (bicyclic) bond motifs is 1. The Morgan fingerprint density at radius 1 is 1.18 bits per heavy atom. The highest BCUT2D eigenvalue weighted by molar-refractivity contribution is 8.93. The number of nitrogen functional groups attached to an aromatic ring is 1. The summed E-state index contributed by atoms with van der Waals surface area (Å²) in [7, 11) is 0. The lowest BCUT2D eigenvalue weighted by Crippen LogP contribution is -1.92. The van der Waals surface area contributed by atoms with Crippen molar-refractivity contribution in [3.05, 3.63) is 18.2 Å². The third kappa shape index (κ3) is 1.40. The van der Waals surface area contributed by atoms with Gasteiger partial charge < -0.3 is 15.2 Å². The van der Waals surface area contributed by atoms with Crippen molar-refractivity contribution in [2.24, 2.45) is 0 Å². The summed E-state index contributed by atoms with van der Waals surface area (Å²) >= 11 is 0. The van der Waals surface area contributed by atoms with Gasteiger partial charge in [0.05, 0.1) is 0 Å². The van der Waals surface area contributed by atoms with Crippen LogP contribution in [0.15, 0.2) is 18.2 Å². The number of ether oxygens (including phenoxy) is 2. The van der Waals surface area contributed by atoms with Gasteiger partial charge in [-0.2, -0.15) is 0 Å². The third-order valence-electron chi connectivity index (χ3n) is 1.40. The van der Waals surface area contributed by atoms with Crippen LogP contribution in [0.3, 0.4) is 0 Å². The number of anilines is 1. The van der Waals surface area contributed by atoms with E-state index in [0.29, 0.717) is 12.5 Å². The topological polar surface area (TPSA) is 44.5 Å². The first kappa shape index (κ1) is 8.20. The fourth-order valence-corrected chi connectivity index (χ4v) is 0.913. The van der Waals surface area contributed by atoms with Crippen molar-refractivity contribution < 1.29 is 9.47 Å². The molecule has 0 amide bonds. The largest absolute Gasteiger partial charge is 0.454 e. The summed E-state index contributed by atoms with van der Waals surface area (Å²) < 4.78 is 10.2. The molecule has 1 aliphatic rings. The van der Waals surface area contributed by atoms with Crippen LogP contribution in [-0.4, -0.2) is 6.79 Å². The van der Waals surface area contributed by atoms with E-state index in [2.05, 4.69) is 0 Å². The number of nitrogens with two attached hydrogens (primary N) is 1. The molecule has 2 rings (SSSR count). The van der Waals surface area contributed by atoms with Crippen molar-refractivity contribution in [1.29, 1.82) is 0 Å². The molecular formula is C7H8BrNO2. The standard InChI is InChI=1S/C7H7NO2.BrH/c8-5-1-2-6-7(3-5)10-4-9-6;/h1-3H,4,8H2;1H. The SMILES string of the molecule is Br.Nc1ccc2c(c1)OCO2. The first-order chi connectivity index (χ1) is 4.86. The molecule has 0 saturated carbocycles. The molecule has 0 aliphatic carbocycles. The molecule has 2 N–H and O–H groups in total. The van der Waals surface area contributed by atoms with E-state index >= 15 is 0 Å². The molecule has 0 aromatic heterocycles. The van der Waals surface area contributed by atoms with Crippen molar-refractivity contribution in [3.8, 4) is 11.5 Å². The number of hydrogen-bond acceptors (Lipinski definition) is 3. The van der Waals surface area contributed by atoms with Crippen molar-refractivity contribution in [3.63, 3.8) is 0 Å². The highest BCUT2D eigenvalue weighted by atomic mass is 79.9. The van der Waals surface area contributed by atoms with E-state index in [-0.39, 0.29) is 17.0 Å². The average molecular weight is 218 g/mol. The first-order valence-electron chi connectivity index (χ1n) is 3.01. The molecule has 1 aliphatic heterocycles. The Morgan fingerprint density at radius 2 is 1.91 bits per heavy atom. The summed E-state index contributed by atoms with van der Waals surface area (Å²) in [6.07, 6.45) is 0. The molecule has 11 heavy (non-hydrogen) atoms. The van der Waals surface area contributed by atoms with Crippen LogP contribution in [0.4, 0.5) is 5.69 Å². The number of halogens is 1. The van der Waals surface area contributed by atoms with E-state index in [1.54, 1.807) is 18.2 Å².